The Balaban J connectivity index is 1.98. The zero-order chi connectivity index (χ0) is 21.1. The number of urea groups is 1. The Labute approximate surface area is 170 Å². The highest BCUT2D eigenvalue weighted by atomic mass is 16.5. The lowest BCUT2D eigenvalue weighted by Gasteiger charge is -2.13. The quantitative estimate of drug-likeness (QED) is 0.418. The average molecular weight is 401 g/mol. The topological polar surface area (TPSA) is 109 Å². The van der Waals surface area contributed by atoms with Crippen molar-refractivity contribution in [2.45, 2.75) is 32.8 Å². The fourth-order valence-corrected chi connectivity index (χ4v) is 2.63. The van der Waals surface area contributed by atoms with Crippen LogP contribution in [-0.4, -0.2) is 30.9 Å². The number of carboxylic acid groups (broad SMARTS) is 1. The zero-order valence-electron chi connectivity index (χ0n) is 16.7. The first-order valence-electron chi connectivity index (χ1n) is 9.46. The van der Waals surface area contributed by atoms with Crippen LogP contribution < -0.4 is 20.7 Å². The summed E-state index contributed by atoms with van der Waals surface area (Å²) in [6.45, 7) is 3.03. The summed E-state index contributed by atoms with van der Waals surface area (Å²) < 4.78 is 11.1. The normalized spacial score (nSPS) is 10.3. The van der Waals surface area contributed by atoms with Crippen LogP contribution in [-0.2, 0) is 11.3 Å². The van der Waals surface area contributed by atoms with Gasteiger partial charge in [-0.1, -0.05) is 19.8 Å². The summed E-state index contributed by atoms with van der Waals surface area (Å²) in [6.07, 6.45) is 2.02. The maximum Gasteiger partial charge on any atom is 0.409 e. The van der Waals surface area contributed by atoms with Crippen molar-refractivity contribution in [3.63, 3.8) is 0 Å². The van der Waals surface area contributed by atoms with E-state index in [1.165, 1.54) is 0 Å². The number of methoxy groups -OCH3 is 1. The molecule has 0 saturated carbocycles. The number of ether oxygens (including phenoxy) is 2. The summed E-state index contributed by atoms with van der Waals surface area (Å²) in [5.41, 5.74) is 1.79. The fraction of sp³-hybridized carbons (Fsp3) is 0.333. The maximum atomic E-state index is 11.9. The minimum absolute atomic E-state index is 0.237. The molecule has 0 aliphatic heterocycles. The van der Waals surface area contributed by atoms with Gasteiger partial charge in [0, 0.05) is 30.6 Å². The molecule has 0 saturated heterocycles. The number of carbonyl (C=O) groups is 2. The summed E-state index contributed by atoms with van der Waals surface area (Å²) in [7, 11) is 1.55. The highest BCUT2D eigenvalue weighted by molar-refractivity contribution is 5.89. The monoisotopic (exact) mass is 401 g/mol. The third-order valence-electron chi connectivity index (χ3n) is 4.02. The third kappa shape index (κ3) is 7.71. The molecular weight excluding hydrogens is 374 g/mol. The predicted molar refractivity (Wildman–Crippen MR) is 112 cm³/mol. The van der Waals surface area contributed by atoms with E-state index < -0.39 is 6.09 Å². The van der Waals surface area contributed by atoms with Gasteiger partial charge in [-0.15, -0.1) is 0 Å². The van der Waals surface area contributed by atoms with Crippen molar-refractivity contribution < 1.29 is 24.2 Å². The third-order valence-corrected chi connectivity index (χ3v) is 4.02. The van der Waals surface area contributed by atoms with Crippen LogP contribution >= 0.6 is 0 Å². The Morgan fingerprint density at radius 2 is 1.72 bits per heavy atom. The van der Waals surface area contributed by atoms with Gasteiger partial charge in [-0.2, -0.15) is 0 Å². The zero-order valence-corrected chi connectivity index (χ0v) is 16.7. The lowest BCUT2D eigenvalue weighted by atomic mass is 10.2. The van der Waals surface area contributed by atoms with Crippen LogP contribution in [0.5, 0.6) is 11.5 Å². The lowest BCUT2D eigenvalue weighted by molar-refractivity contribution is 0.182. The summed E-state index contributed by atoms with van der Waals surface area (Å²) in [4.78, 5) is 22.7. The number of rotatable bonds is 10. The fourth-order valence-electron chi connectivity index (χ4n) is 2.63. The molecule has 0 aromatic heterocycles. The first-order valence-corrected chi connectivity index (χ1v) is 9.46. The van der Waals surface area contributed by atoms with Crippen molar-refractivity contribution in [3.8, 4) is 11.5 Å². The molecule has 2 aromatic rings. The molecule has 3 amide bonds. The Morgan fingerprint density at radius 1 is 1.00 bits per heavy atom. The number of amides is 3. The van der Waals surface area contributed by atoms with Gasteiger partial charge in [0.05, 0.1) is 6.61 Å². The number of unbranched alkanes of at least 4 members (excludes halogenated alkanes) is 2. The number of benzene rings is 2. The Hall–Kier alpha value is -3.26. The Kier molecular flexibility index (Phi) is 8.78. The molecule has 0 aliphatic rings. The molecule has 0 bridgehead atoms. The second kappa shape index (κ2) is 11.6. The van der Waals surface area contributed by atoms with Crippen molar-refractivity contribution in [2.24, 2.45) is 0 Å². The molecule has 8 nitrogen and oxygen atoms in total. The molecule has 0 unspecified atom stereocenters. The molecule has 0 heterocycles. The van der Waals surface area contributed by atoms with Gasteiger partial charge in [-0.25, -0.2) is 9.59 Å². The van der Waals surface area contributed by atoms with E-state index in [1.807, 2.05) is 0 Å². The number of carbonyl (C=O) groups excluding carboxylic acids is 1. The van der Waals surface area contributed by atoms with Crippen LogP contribution in [0.4, 0.5) is 21.0 Å². The lowest BCUT2D eigenvalue weighted by Crippen LogP contribution is -2.29. The number of nitrogens with one attached hydrogen (secondary N) is 3. The van der Waals surface area contributed by atoms with E-state index in [2.05, 4.69) is 22.9 Å². The number of hydrogen-bond acceptors (Lipinski definition) is 4. The van der Waals surface area contributed by atoms with Crippen LogP contribution in [0.3, 0.4) is 0 Å². The van der Waals surface area contributed by atoms with Crippen LogP contribution in [0.1, 0.15) is 31.7 Å². The Bertz CT molecular complexity index is 808. The van der Waals surface area contributed by atoms with E-state index in [1.54, 1.807) is 49.6 Å². The number of hydrogen-bond donors (Lipinski definition) is 4. The van der Waals surface area contributed by atoms with E-state index >= 15 is 0 Å². The van der Waals surface area contributed by atoms with E-state index in [0.29, 0.717) is 35.0 Å². The molecule has 0 radical (unpaired) electrons. The molecule has 0 aliphatic carbocycles. The summed E-state index contributed by atoms with van der Waals surface area (Å²) in [5, 5.41) is 16.7. The Morgan fingerprint density at radius 3 is 2.38 bits per heavy atom. The first kappa shape index (κ1) is 22.0. The van der Waals surface area contributed by atoms with Crippen molar-refractivity contribution in [2.75, 3.05) is 24.3 Å². The van der Waals surface area contributed by atoms with Gasteiger partial charge < -0.3 is 25.2 Å². The standard InChI is InChI=1S/C21H27N3O5/c1-3-4-5-12-22-20(25)23-16-6-9-18(10-7-16)29-19-11-8-17(24-21(26)27)13-15(19)14-28-2/h6-11,13,24H,3-5,12,14H2,1-2H3,(H,26,27)(H2,22,23,25). The van der Waals surface area contributed by atoms with E-state index in [4.69, 9.17) is 14.6 Å². The van der Waals surface area contributed by atoms with E-state index in [0.717, 1.165) is 19.3 Å². The van der Waals surface area contributed by atoms with Crippen LogP contribution in [0.25, 0.3) is 0 Å². The molecule has 4 N–H and O–H groups in total. The second-order valence-corrected chi connectivity index (χ2v) is 6.40. The molecule has 2 rings (SSSR count). The molecule has 156 valence electrons. The molecular formula is C21H27N3O5. The van der Waals surface area contributed by atoms with Gasteiger partial charge in [-0.05, 0) is 48.9 Å². The van der Waals surface area contributed by atoms with Crippen molar-refractivity contribution in [3.05, 3.63) is 48.0 Å². The molecule has 29 heavy (non-hydrogen) atoms. The van der Waals surface area contributed by atoms with Gasteiger partial charge in [0.15, 0.2) is 0 Å². The number of anilines is 2. The van der Waals surface area contributed by atoms with Crippen molar-refractivity contribution >= 4 is 23.5 Å². The van der Waals surface area contributed by atoms with Crippen molar-refractivity contribution in [1.29, 1.82) is 0 Å². The molecule has 0 fully saturated rings. The van der Waals surface area contributed by atoms with Gasteiger partial charge in [0.25, 0.3) is 0 Å². The first-order chi connectivity index (χ1) is 14.0. The summed E-state index contributed by atoms with van der Waals surface area (Å²) >= 11 is 0. The van der Waals surface area contributed by atoms with E-state index in [-0.39, 0.29) is 12.6 Å². The SMILES string of the molecule is CCCCCNC(=O)Nc1ccc(Oc2ccc(NC(=O)O)cc2COC)cc1. The predicted octanol–water partition coefficient (Wildman–Crippen LogP) is 5.03. The minimum atomic E-state index is -1.14. The molecule has 0 spiro atoms. The maximum absolute atomic E-state index is 11.9. The van der Waals surface area contributed by atoms with Crippen LogP contribution in [0, 0.1) is 0 Å². The van der Waals surface area contributed by atoms with E-state index in [9.17, 15) is 9.59 Å². The highest BCUT2D eigenvalue weighted by Gasteiger charge is 2.09. The summed E-state index contributed by atoms with van der Waals surface area (Å²) in [5.74, 6) is 1.13. The van der Waals surface area contributed by atoms with Crippen molar-refractivity contribution in [1.82, 2.24) is 5.32 Å². The molecule has 0 atom stereocenters. The molecule has 8 heteroatoms. The van der Waals surface area contributed by atoms with Gasteiger partial charge in [0.1, 0.15) is 11.5 Å². The second-order valence-electron chi connectivity index (χ2n) is 6.40. The van der Waals surface area contributed by atoms with Crippen LogP contribution in [0.15, 0.2) is 42.5 Å². The summed E-state index contributed by atoms with van der Waals surface area (Å²) in [6, 6.07) is 11.7. The largest absolute Gasteiger partial charge is 0.465 e. The van der Waals surface area contributed by atoms with Crippen LogP contribution in [0.2, 0.25) is 0 Å². The van der Waals surface area contributed by atoms with Gasteiger partial charge in [-0.3, -0.25) is 5.32 Å². The average Bonchev–Trinajstić information content (AvgIpc) is 2.68. The van der Waals surface area contributed by atoms with Gasteiger partial charge in [0.2, 0.25) is 0 Å². The van der Waals surface area contributed by atoms with Gasteiger partial charge >= 0.3 is 12.1 Å². The minimum Gasteiger partial charge on any atom is -0.465 e. The molecule has 2 aromatic carbocycles. The smallest absolute Gasteiger partial charge is 0.409 e. The highest BCUT2D eigenvalue weighted by Crippen LogP contribution is 2.29.